The first-order valence-corrected chi connectivity index (χ1v) is 6.41. The first-order chi connectivity index (χ1) is 8.40. The second-order valence-electron chi connectivity index (χ2n) is 4.53. The van der Waals surface area contributed by atoms with Gasteiger partial charge in [-0.15, -0.1) is 0 Å². The van der Waals surface area contributed by atoms with E-state index in [0.717, 1.165) is 13.0 Å². The molecule has 0 bridgehead atoms. The second kappa shape index (κ2) is 6.52. The fourth-order valence-corrected chi connectivity index (χ4v) is 2.29. The fraction of sp³-hybridized carbons (Fsp3) is 0.500. The highest BCUT2D eigenvalue weighted by molar-refractivity contribution is 5.14. The molecule has 2 rings (SSSR count). The number of nitrogens with zero attached hydrogens (tertiary/aromatic N) is 1. The van der Waals surface area contributed by atoms with Crippen molar-refractivity contribution in [3.05, 3.63) is 41.7 Å². The van der Waals surface area contributed by atoms with Crippen molar-refractivity contribution in [2.45, 2.75) is 31.7 Å². The Balaban J connectivity index is 1.80. The third-order valence-electron chi connectivity index (χ3n) is 3.29. The quantitative estimate of drug-likeness (QED) is 0.738. The van der Waals surface area contributed by atoms with Crippen LogP contribution >= 0.6 is 0 Å². The predicted octanol–water partition coefficient (Wildman–Crippen LogP) is 2.17. The summed E-state index contributed by atoms with van der Waals surface area (Å²) in [7, 11) is 0. The van der Waals surface area contributed by atoms with Gasteiger partial charge in [0.1, 0.15) is 0 Å². The molecule has 0 fully saturated rings. The van der Waals surface area contributed by atoms with Crippen LogP contribution in [0.4, 0.5) is 0 Å². The minimum Gasteiger partial charge on any atom is -0.329 e. The molecular formula is C14H21N3. The summed E-state index contributed by atoms with van der Waals surface area (Å²) in [5.74, 6) is 0. The molecule has 3 heteroatoms. The topological polar surface area (TPSA) is 50.9 Å². The monoisotopic (exact) mass is 231 g/mol. The molecule has 1 unspecified atom stereocenters. The highest BCUT2D eigenvalue weighted by Crippen LogP contribution is 2.20. The van der Waals surface area contributed by atoms with Crippen LogP contribution in [0.5, 0.6) is 0 Å². The number of nitrogens with two attached hydrogens (primary N) is 1. The molecule has 17 heavy (non-hydrogen) atoms. The maximum atomic E-state index is 5.79. The van der Waals surface area contributed by atoms with Crippen LogP contribution in [0, 0.1) is 0 Å². The van der Waals surface area contributed by atoms with E-state index in [1.54, 1.807) is 11.8 Å². The molecule has 1 aliphatic carbocycles. The first kappa shape index (κ1) is 12.3. The van der Waals surface area contributed by atoms with E-state index in [-0.39, 0.29) is 6.04 Å². The van der Waals surface area contributed by atoms with Crippen LogP contribution in [-0.4, -0.2) is 18.1 Å². The van der Waals surface area contributed by atoms with Gasteiger partial charge in [-0.2, -0.15) is 0 Å². The molecule has 0 amide bonds. The molecule has 3 nitrogen and oxygen atoms in total. The SMILES string of the molecule is NCC(NCCC1=CCCC1)c1cccnc1. The second-order valence-corrected chi connectivity index (χ2v) is 4.53. The lowest BCUT2D eigenvalue weighted by Gasteiger charge is -2.17. The van der Waals surface area contributed by atoms with Gasteiger partial charge in [0, 0.05) is 25.0 Å². The van der Waals surface area contributed by atoms with Crippen molar-refractivity contribution in [3.8, 4) is 0 Å². The van der Waals surface area contributed by atoms with Gasteiger partial charge >= 0.3 is 0 Å². The maximum Gasteiger partial charge on any atom is 0.0459 e. The van der Waals surface area contributed by atoms with E-state index in [4.69, 9.17) is 5.73 Å². The van der Waals surface area contributed by atoms with Gasteiger partial charge in [-0.25, -0.2) is 0 Å². The van der Waals surface area contributed by atoms with Crippen molar-refractivity contribution >= 4 is 0 Å². The van der Waals surface area contributed by atoms with E-state index < -0.39 is 0 Å². The normalized spacial score (nSPS) is 16.9. The Kier molecular flexibility index (Phi) is 4.71. The summed E-state index contributed by atoms with van der Waals surface area (Å²) in [5.41, 5.74) is 8.57. The summed E-state index contributed by atoms with van der Waals surface area (Å²) in [5, 5.41) is 3.51. The fourth-order valence-electron chi connectivity index (χ4n) is 2.29. The van der Waals surface area contributed by atoms with Gasteiger partial charge in [0.15, 0.2) is 0 Å². The Morgan fingerprint density at radius 2 is 2.41 bits per heavy atom. The highest BCUT2D eigenvalue weighted by Gasteiger charge is 2.09. The number of allylic oxidation sites excluding steroid dienone is 1. The molecule has 92 valence electrons. The Bertz CT molecular complexity index is 359. The molecule has 0 saturated carbocycles. The minimum absolute atomic E-state index is 0.228. The Hall–Kier alpha value is -1.19. The van der Waals surface area contributed by atoms with Crippen LogP contribution in [0.25, 0.3) is 0 Å². The lowest BCUT2D eigenvalue weighted by Crippen LogP contribution is -2.29. The maximum absolute atomic E-state index is 5.79. The number of hydrogen-bond donors (Lipinski definition) is 2. The van der Waals surface area contributed by atoms with E-state index in [2.05, 4.69) is 22.4 Å². The number of hydrogen-bond acceptors (Lipinski definition) is 3. The van der Waals surface area contributed by atoms with Gasteiger partial charge in [-0.1, -0.05) is 17.7 Å². The number of nitrogens with one attached hydrogen (secondary N) is 1. The van der Waals surface area contributed by atoms with Crippen LogP contribution in [0.2, 0.25) is 0 Å². The molecule has 0 spiro atoms. The molecule has 1 heterocycles. The summed E-state index contributed by atoms with van der Waals surface area (Å²) < 4.78 is 0. The van der Waals surface area contributed by atoms with Crippen LogP contribution in [0.1, 0.15) is 37.3 Å². The Morgan fingerprint density at radius 1 is 1.47 bits per heavy atom. The molecule has 1 aromatic heterocycles. The summed E-state index contributed by atoms with van der Waals surface area (Å²) >= 11 is 0. The predicted molar refractivity (Wildman–Crippen MR) is 70.6 cm³/mol. The molecule has 1 aromatic rings. The standard InChI is InChI=1S/C14H21N3/c15-10-14(13-6-3-8-16-11-13)17-9-7-12-4-1-2-5-12/h3-4,6,8,11,14,17H,1-2,5,7,9-10,15H2. The zero-order chi connectivity index (χ0) is 11.9. The Labute approximate surface area is 103 Å². The lowest BCUT2D eigenvalue weighted by molar-refractivity contribution is 0.541. The van der Waals surface area contributed by atoms with Crippen LogP contribution < -0.4 is 11.1 Å². The molecule has 1 atom stereocenters. The van der Waals surface area contributed by atoms with Crippen molar-refractivity contribution in [2.75, 3.05) is 13.1 Å². The molecule has 0 aromatic carbocycles. The average molecular weight is 231 g/mol. The van der Waals surface area contributed by atoms with Crippen molar-refractivity contribution in [1.82, 2.24) is 10.3 Å². The van der Waals surface area contributed by atoms with E-state index in [0.29, 0.717) is 6.54 Å². The van der Waals surface area contributed by atoms with E-state index in [1.807, 2.05) is 12.3 Å². The number of aromatic nitrogens is 1. The van der Waals surface area contributed by atoms with Crippen molar-refractivity contribution < 1.29 is 0 Å². The zero-order valence-corrected chi connectivity index (χ0v) is 10.2. The molecule has 0 aliphatic heterocycles. The lowest BCUT2D eigenvalue weighted by atomic mass is 10.1. The third-order valence-corrected chi connectivity index (χ3v) is 3.29. The van der Waals surface area contributed by atoms with Crippen LogP contribution in [0.3, 0.4) is 0 Å². The molecule has 1 aliphatic rings. The molecular weight excluding hydrogens is 210 g/mol. The minimum atomic E-state index is 0.228. The summed E-state index contributed by atoms with van der Waals surface area (Å²) in [4.78, 5) is 4.13. The largest absolute Gasteiger partial charge is 0.329 e. The van der Waals surface area contributed by atoms with Crippen molar-refractivity contribution in [3.63, 3.8) is 0 Å². The van der Waals surface area contributed by atoms with Crippen LogP contribution in [0.15, 0.2) is 36.2 Å². The van der Waals surface area contributed by atoms with Gasteiger partial charge in [0.05, 0.1) is 0 Å². The van der Waals surface area contributed by atoms with Gasteiger partial charge in [-0.05, 0) is 43.9 Å². The number of pyridine rings is 1. The highest BCUT2D eigenvalue weighted by atomic mass is 14.9. The molecule has 3 N–H and O–H groups in total. The van der Waals surface area contributed by atoms with Gasteiger partial charge in [0.2, 0.25) is 0 Å². The zero-order valence-electron chi connectivity index (χ0n) is 10.2. The number of rotatable bonds is 6. The van der Waals surface area contributed by atoms with E-state index in [1.165, 1.54) is 24.8 Å². The molecule has 0 saturated heterocycles. The Morgan fingerprint density at radius 3 is 3.06 bits per heavy atom. The first-order valence-electron chi connectivity index (χ1n) is 6.41. The van der Waals surface area contributed by atoms with Crippen molar-refractivity contribution in [1.29, 1.82) is 0 Å². The van der Waals surface area contributed by atoms with Gasteiger partial charge < -0.3 is 11.1 Å². The summed E-state index contributed by atoms with van der Waals surface area (Å²) in [6.07, 6.45) is 11.1. The average Bonchev–Trinajstić information content (AvgIpc) is 2.89. The van der Waals surface area contributed by atoms with E-state index >= 15 is 0 Å². The summed E-state index contributed by atoms with van der Waals surface area (Å²) in [6, 6.07) is 4.26. The van der Waals surface area contributed by atoms with Gasteiger partial charge in [-0.3, -0.25) is 4.98 Å². The van der Waals surface area contributed by atoms with Crippen molar-refractivity contribution in [2.24, 2.45) is 5.73 Å². The molecule has 0 radical (unpaired) electrons. The summed E-state index contributed by atoms with van der Waals surface area (Å²) in [6.45, 7) is 1.62. The smallest absolute Gasteiger partial charge is 0.0459 e. The third kappa shape index (κ3) is 3.65. The van der Waals surface area contributed by atoms with E-state index in [9.17, 15) is 0 Å². The van der Waals surface area contributed by atoms with Crippen LogP contribution in [-0.2, 0) is 0 Å². The van der Waals surface area contributed by atoms with Gasteiger partial charge in [0.25, 0.3) is 0 Å².